The zero-order valence-electron chi connectivity index (χ0n) is 56.5. The van der Waals surface area contributed by atoms with E-state index in [-0.39, 0.29) is 77.0 Å². The number of allylic oxidation sites excluding steroid dienone is 3. The second-order valence-electron chi connectivity index (χ2n) is 28.2. The van der Waals surface area contributed by atoms with Gasteiger partial charge in [0.25, 0.3) is 0 Å². The number of nitrogens with one attached hydrogen (secondary N) is 6. The smallest absolute Gasteiger partial charge is 0.372 e. The Labute approximate surface area is 535 Å². The molecule has 498 valence electrons. The van der Waals surface area contributed by atoms with Gasteiger partial charge in [-0.1, -0.05) is 78.5 Å². The summed E-state index contributed by atoms with van der Waals surface area (Å²) < 4.78 is 47.4. The highest BCUT2D eigenvalue weighted by Crippen LogP contribution is 2.41. The van der Waals surface area contributed by atoms with Gasteiger partial charge in [0.1, 0.15) is 0 Å². The maximum Gasteiger partial charge on any atom is 0.417 e. The minimum atomic E-state index is -4.52. The summed E-state index contributed by atoms with van der Waals surface area (Å²) in [4.78, 5) is 31.4. The highest BCUT2D eigenvalue weighted by Gasteiger charge is 2.55. The number of likely N-dealkylation sites (tertiary alicyclic amines) is 1. The number of ether oxygens (including phenoxy) is 1. The van der Waals surface area contributed by atoms with Crippen LogP contribution in [0.15, 0.2) is 71.2 Å². The lowest BCUT2D eigenvalue weighted by molar-refractivity contribution is -0.162. The second-order valence-corrected chi connectivity index (χ2v) is 28.6. The van der Waals surface area contributed by atoms with Gasteiger partial charge in [0.2, 0.25) is 5.91 Å². The first-order chi connectivity index (χ1) is 42.0. The van der Waals surface area contributed by atoms with E-state index in [1.807, 2.05) is 36.6 Å². The van der Waals surface area contributed by atoms with Crippen LogP contribution < -0.4 is 31.9 Å². The number of aryl methyl sites for hydroxylation is 1. The van der Waals surface area contributed by atoms with Gasteiger partial charge in [-0.25, -0.2) is 0 Å². The highest BCUT2D eigenvalue weighted by molar-refractivity contribution is 6.31. The molecule has 0 bridgehead atoms. The maximum absolute atomic E-state index is 14.8. The SMILES string of the molecule is CC[C@H](C)[C@H]1CN[C@@H](CC(C)C)C(C)NCC2[C@@H](C(=O)N3CCCCC3)C(C)N2[C@@H](C(C)C)C(C)NC2(CCCC2)CNCCN=CC=C(CCc2ccc(C(F)(F)F)c(Cl)c2)NC=CN(C)C=C(COC2CCC2)N(C)C=C2CCCN2[C@@H](C)C(C)N1. The maximum atomic E-state index is 14.8. The fraction of sp³-hybridized carbons (Fsp3) is 0.771. The number of hydrogen-bond donors (Lipinski definition) is 6. The molecule has 6 aliphatic rings. The Morgan fingerprint density at radius 3 is 2.26 bits per heavy atom. The number of hydrogen-bond acceptors (Lipinski definition) is 13. The van der Waals surface area contributed by atoms with Gasteiger partial charge >= 0.3 is 6.18 Å². The summed E-state index contributed by atoms with van der Waals surface area (Å²) in [5.41, 5.74) is 3.07. The van der Waals surface area contributed by atoms with Crippen LogP contribution in [0.1, 0.15) is 184 Å². The van der Waals surface area contributed by atoms with Gasteiger partial charge in [-0.05, 0) is 160 Å². The van der Waals surface area contributed by atoms with E-state index in [4.69, 9.17) is 21.3 Å². The molecule has 5 fully saturated rings. The lowest BCUT2D eigenvalue weighted by Gasteiger charge is -2.60. The summed E-state index contributed by atoms with van der Waals surface area (Å²) in [6.45, 7) is 33.0. The van der Waals surface area contributed by atoms with Gasteiger partial charge < -0.3 is 56.2 Å². The summed E-state index contributed by atoms with van der Waals surface area (Å²) in [6, 6.07) is 5.81. The van der Waals surface area contributed by atoms with Crippen LogP contribution in [0.2, 0.25) is 5.02 Å². The second kappa shape index (κ2) is 34.3. The van der Waals surface area contributed by atoms with Crippen molar-refractivity contribution in [3.63, 3.8) is 0 Å². The van der Waals surface area contributed by atoms with Crippen LogP contribution in [-0.2, 0) is 22.1 Å². The molecule has 2 aliphatic carbocycles. The summed E-state index contributed by atoms with van der Waals surface area (Å²) in [5.74, 6) is 1.62. The average Bonchev–Trinajstić information content (AvgIpc) is 0.858. The van der Waals surface area contributed by atoms with E-state index in [1.165, 1.54) is 43.5 Å². The van der Waals surface area contributed by atoms with Crippen LogP contribution in [-0.4, -0.2) is 176 Å². The van der Waals surface area contributed by atoms with Crippen LogP contribution in [0, 0.1) is 23.7 Å². The molecule has 5 unspecified atom stereocenters. The Balaban J connectivity index is 1.18. The molecule has 14 nitrogen and oxygen atoms in total. The lowest BCUT2D eigenvalue weighted by atomic mass is 9.74. The third kappa shape index (κ3) is 20.2. The first-order valence-electron chi connectivity index (χ1n) is 34.5. The Hall–Kier alpha value is -3.68. The topological polar surface area (TPSA) is 127 Å². The monoisotopic (exact) mass is 1250 g/mol. The van der Waals surface area contributed by atoms with Gasteiger partial charge in [-0.15, -0.1) is 0 Å². The molecule has 1 amide bonds. The summed E-state index contributed by atoms with van der Waals surface area (Å²) in [5, 5.41) is 23.8. The number of likely N-dealkylation sites (N-methyl/N-ethyl adjacent to an activating group) is 1. The van der Waals surface area contributed by atoms with Crippen LogP contribution in [0.3, 0.4) is 0 Å². The van der Waals surface area contributed by atoms with Crippen molar-refractivity contribution in [2.75, 3.05) is 73.1 Å². The number of benzene rings is 1. The fourth-order valence-corrected chi connectivity index (χ4v) is 15.2. The first-order valence-corrected chi connectivity index (χ1v) is 34.9. The van der Waals surface area contributed by atoms with Crippen molar-refractivity contribution in [1.29, 1.82) is 0 Å². The van der Waals surface area contributed by atoms with Crippen LogP contribution in [0.25, 0.3) is 0 Å². The van der Waals surface area contributed by atoms with E-state index in [1.54, 1.807) is 0 Å². The number of amides is 1. The lowest BCUT2D eigenvalue weighted by Crippen LogP contribution is -2.76. The number of halogens is 4. The number of fused-ring (bicyclic) bond motifs is 2. The molecular formula is C70H118ClF3N12O2. The van der Waals surface area contributed by atoms with E-state index in [9.17, 15) is 18.0 Å². The summed E-state index contributed by atoms with van der Waals surface area (Å²) >= 11 is 6.19. The van der Waals surface area contributed by atoms with Gasteiger partial charge in [0.05, 0.1) is 41.5 Å². The van der Waals surface area contributed by atoms with Crippen LogP contribution in [0.4, 0.5) is 13.2 Å². The zero-order chi connectivity index (χ0) is 63.7. The molecule has 3 saturated heterocycles. The van der Waals surface area contributed by atoms with E-state index >= 15 is 0 Å². The molecule has 6 N–H and O–H groups in total. The summed E-state index contributed by atoms with van der Waals surface area (Å²) in [6.07, 6.45) is 24.4. The molecule has 1 spiro atoms. The van der Waals surface area contributed by atoms with Gasteiger partial charge in [0, 0.05) is 162 Å². The molecule has 7 rings (SSSR count). The summed E-state index contributed by atoms with van der Waals surface area (Å²) in [7, 11) is 4.16. The minimum absolute atomic E-state index is 0.0549. The van der Waals surface area contributed by atoms with Crippen LogP contribution >= 0.6 is 11.6 Å². The van der Waals surface area contributed by atoms with Crippen molar-refractivity contribution in [2.45, 2.75) is 251 Å². The van der Waals surface area contributed by atoms with E-state index < -0.39 is 11.7 Å². The fourth-order valence-electron chi connectivity index (χ4n) is 14.9. The standard InChI is InChI=1S/C70H118ClF3N12O2/c1-14-50(6)64-42-79-63(40-48(2)3)52(8)78-43-65-66(68(87)84-36-18-15-19-37-84)55(11)86(65)67(49(4)5)53(9)81-69(30-16-17-31-69)47-76-34-33-75-32-29-57(27-25-56-26-28-61(62(71)41-56)70(72,73)74)77-35-39-82(12)44-59(46-88-60-23-20-24-60)83(13)45-58-22-21-38-85(58)54(10)51(7)80-64/h26,28-29,32,35,39,41,44-45,48-55,60,63-67,76-81H,14-25,27,30-31,33-34,36-38,40,42-43,46-47H2,1-13H3/t50-,51?,52?,53?,54-,55?,63-,64+,65?,66-,67-/m0/s1. The third-order valence-corrected chi connectivity index (χ3v) is 21.0. The number of aliphatic imine (C=N–C) groups is 1. The Kier molecular flexibility index (Phi) is 28.0. The number of alkyl halides is 3. The molecule has 11 atom stereocenters. The predicted molar refractivity (Wildman–Crippen MR) is 358 cm³/mol. The van der Waals surface area contributed by atoms with Gasteiger partial charge in [0.15, 0.2) is 0 Å². The van der Waals surface area contributed by atoms with Gasteiger partial charge in [-0.2, -0.15) is 13.2 Å². The average molecular weight is 1250 g/mol. The largest absolute Gasteiger partial charge is 0.417 e. The number of rotatable bonds is 12. The molecule has 88 heavy (non-hydrogen) atoms. The first kappa shape index (κ1) is 71.8. The molecule has 1 aromatic rings. The Morgan fingerprint density at radius 1 is 0.864 bits per heavy atom. The third-order valence-electron chi connectivity index (χ3n) is 20.7. The number of carbonyl (C=O) groups excluding carboxylic acids is 1. The Morgan fingerprint density at radius 2 is 1.60 bits per heavy atom. The molecule has 2 saturated carbocycles. The molecule has 1 aromatic carbocycles. The molecule has 0 aromatic heterocycles. The van der Waals surface area contributed by atoms with Crippen molar-refractivity contribution in [2.24, 2.45) is 28.7 Å². The Bertz CT molecular complexity index is 2450. The van der Waals surface area contributed by atoms with Crippen molar-refractivity contribution >= 4 is 23.7 Å². The number of piperidine rings is 1. The molecule has 4 aliphatic heterocycles. The zero-order valence-corrected chi connectivity index (χ0v) is 57.2. The normalized spacial score (nSPS) is 30.0. The van der Waals surface area contributed by atoms with Crippen molar-refractivity contribution in [1.82, 2.24) is 56.4 Å². The van der Waals surface area contributed by atoms with Crippen molar-refractivity contribution in [3.05, 3.63) is 82.3 Å². The minimum Gasteiger partial charge on any atom is -0.372 e. The van der Waals surface area contributed by atoms with E-state index in [0.717, 1.165) is 127 Å². The van der Waals surface area contributed by atoms with Crippen molar-refractivity contribution in [3.8, 4) is 0 Å². The molecule has 18 heteroatoms. The molecule has 0 radical (unpaired) electrons. The quantitative estimate of drug-likeness (QED) is 0.119. The van der Waals surface area contributed by atoms with E-state index in [2.05, 4.69) is 147 Å². The predicted octanol–water partition coefficient (Wildman–Crippen LogP) is 11.9. The highest BCUT2D eigenvalue weighted by atomic mass is 35.5. The molecule has 4 heterocycles. The molecular weight excluding hydrogens is 1130 g/mol. The number of carbonyl (C=O) groups is 1. The van der Waals surface area contributed by atoms with E-state index in [0.29, 0.717) is 56.2 Å². The van der Waals surface area contributed by atoms with Crippen molar-refractivity contribution < 1.29 is 22.7 Å². The number of nitrogens with zero attached hydrogens (tertiary/aromatic N) is 6. The van der Waals surface area contributed by atoms with Crippen LogP contribution in [0.5, 0.6) is 0 Å². The van der Waals surface area contributed by atoms with Gasteiger partial charge in [-0.3, -0.25) is 14.7 Å².